The van der Waals surface area contributed by atoms with Crippen LogP contribution in [0.4, 0.5) is 0 Å². The lowest BCUT2D eigenvalue weighted by molar-refractivity contribution is 0.198. The van der Waals surface area contributed by atoms with Crippen LogP contribution in [-0.2, 0) is 9.57 Å². The highest BCUT2D eigenvalue weighted by Gasteiger charge is 1.88. The molecule has 0 amide bonds. The molecule has 0 aliphatic rings. The minimum absolute atomic E-state index is 0.527. The predicted octanol–water partition coefficient (Wildman–Crippen LogP) is 1.55. The third kappa shape index (κ3) is 5.14. The normalized spacial score (nSPS) is 11.2. The Bertz CT molecular complexity index is 91.1. The summed E-state index contributed by atoms with van der Waals surface area (Å²) in [6.07, 6.45) is 0.872. The van der Waals surface area contributed by atoms with Gasteiger partial charge in [0.1, 0.15) is 13.7 Å². The zero-order valence-corrected chi connectivity index (χ0v) is 6.05. The van der Waals surface area contributed by atoms with Crippen molar-refractivity contribution in [3.8, 4) is 0 Å². The second-order valence-electron chi connectivity index (χ2n) is 1.49. The predicted molar refractivity (Wildman–Crippen MR) is 35.8 cm³/mol. The van der Waals surface area contributed by atoms with Crippen molar-refractivity contribution in [1.29, 1.82) is 0 Å². The van der Waals surface area contributed by atoms with Crippen molar-refractivity contribution in [3.05, 3.63) is 6.61 Å². The Balaban J connectivity index is 3.25. The van der Waals surface area contributed by atoms with Gasteiger partial charge in [0.25, 0.3) is 0 Å². The average molecular weight is 130 g/mol. The lowest BCUT2D eigenvalue weighted by Gasteiger charge is -1.98. The number of hydrogen-bond acceptors (Lipinski definition) is 3. The van der Waals surface area contributed by atoms with Crippen LogP contribution in [0.2, 0.25) is 0 Å². The number of oxime groups is 1. The van der Waals surface area contributed by atoms with Gasteiger partial charge < -0.3 is 9.57 Å². The van der Waals surface area contributed by atoms with E-state index in [-0.39, 0.29) is 0 Å². The molecule has 0 aliphatic heterocycles. The van der Waals surface area contributed by atoms with Crippen LogP contribution in [0.5, 0.6) is 0 Å². The zero-order chi connectivity index (χ0) is 7.11. The van der Waals surface area contributed by atoms with Crippen LogP contribution in [0, 0.1) is 6.61 Å². The molecule has 0 aromatic heterocycles. The van der Waals surface area contributed by atoms with Gasteiger partial charge in [0.05, 0.1) is 0 Å². The molecule has 0 saturated heterocycles. The molecule has 0 rings (SSSR count). The number of hydrogen-bond donors (Lipinski definition) is 0. The average Bonchev–Trinajstić information content (AvgIpc) is 1.85. The Morgan fingerprint density at radius 1 is 1.67 bits per heavy atom. The van der Waals surface area contributed by atoms with Crippen LogP contribution in [0.15, 0.2) is 5.16 Å². The first-order valence-electron chi connectivity index (χ1n) is 2.87. The molecule has 9 heavy (non-hydrogen) atoms. The Morgan fingerprint density at radius 2 is 2.33 bits per heavy atom. The highest BCUT2D eigenvalue weighted by molar-refractivity contribution is 5.72. The molecule has 3 nitrogen and oxygen atoms in total. The summed E-state index contributed by atoms with van der Waals surface area (Å²) in [5, 5.41) is 3.53. The van der Waals surface area contributed by atoms with Crippen molar-refractivity contribution >= 4 is 5.90 Å². The van der Waals surface area contributed by atoms with Crippen LogP contribution in [0.1, 0.15) is 20.3 Å². The molecule has 0 heterocycles. The molecule has 0 unspecified atom stereocenters. The molecule has 0 bridgehead atoms. The quantitative estimate of drug-likeness (QED) is 0.329. The second-order valence-corrected chi connectivity index (χ2v) is 1.49. The van der Waals surface area contributed by atoms with Crippen molar-refractivity contribution in [2.45, 2.75) is 20.3 Å². The fourth-order valence-electron chi connectivity index (χ4n) is 0.354. The highest BCUT2D eigenvalue weighted by Crippen LogP contribution is 1.89. The molecular formula is C6H12NO2. The van der Waals surface area contributed by atoms with Gasteiger partial charge in [0.2, 0.25) is 5.90 Å². The van der Waals surface area contributed by atoms with Crippen LogP contribution >= 0.6 is 0 Å². The van der Waals surface area contributed by atoms with Crippen molar-refractivity contribution < 1.29 is 9.57 Å². The van der Waals surface area contributed by atoms with Crippen molar-refractivity contribution in [2.24, 2.45) is 5.16 Å². The summed E-state index contributed by atoms with van der Waals surface area (Å²) in [5.74, 6) is 0.527. The van der Waals surface area contributed by atoms with Gasteiger partial charge in [-0.3, -0.25) is 0 Å². The molecule has 0 atom stereocenters. The molecule has 0 N–H and O–H groups in total. The van der Waals surface area contributed by atoms with Gasteiger partial charge >= 0.3 is 0 Å². The zero-order valence-electron chi connectivity index (χ0n) is 6.05. The first-order chi connectivity index (χ1) is 4.31. The van der Waals surface area contributed by atoms with E-state index in [4.69, 9.17) is 4.74 Å². The van der Waals surface area contributed by atoms with Gasteiger partial charge in [-0.2, -0.15) is 0 Å². The van der Waals surface area contributed by atoms with E-state index >= 15 is 0 Å². The fraction of sp³-hybridized carbons (Fsp3) is 0.667. The summed E-state index contributed by atoms with van der Waals surface area (Å²) in [5.41, 5.74) is 0. The molecule has 53 valence electrons. The van der Waals surface area contributed by atoms with Crippen LogP contribution < -0.4 is 0 Å². The van der Waals surface area contributed by atoms with Crippen molar-refractivity contribution in [2.75, 3.05) is 7.11 Å². The molecule has 1 radical (unpaired) electrons. The van der Waals surface area contributed by atoms with E-state index in [2.05, 4.69) is 9.99 Å². The molecule has 0 saturated carbocycles. The maximum absolute atomic E-state index is 4.93. The summed E-state index contributed by atoms with van der Waals surface area (Å²) in [7, 11) is 1.48. The van der Waals surface area contributed by atoms with Gasteiger partial charge in [-0.25, -0.2) is 0 Å². The largest absolute Gasteiger partial charge is 0.472 e. The number of nitrogens with zero attached hydrogens (tertiary/aromatic N) is 1. The van der Waals surface area contributed by atoms with E-state index in [0.717, 1.165) is 6.42 Å². The molecule has 0 aromatic rings. The highest BCUT2D eigenvalue weighted by atomic mass is 16.6. The Labute approximate surface area is 55.6 Å². The molecular weight excluding hydrogens is 118 g/mol. The van der Waals surface area contributed by atoms with Gasteiger partial charge in [-0.1, -0.05) is 12.1 Å². The first kappa shape index (κ1) is 8.27. The number of ether oxygens (including phenoxy) is 1. The van der Waals surface area contributed by atoms with E-state index in [1.165, 1.54) is 7.11 Å². The van der Waals surface area contributed by atoms with E-state index in [1.54, 1.807) is 13.5 Å². The first-order valence-corrected chi connectivity index (χ1v) is 2.87. The fourth-order valence-corrected chi connectivity index (χ4v) is 0.354. The summed E-state index contributed by atoms with van der Waals surface area (Å²) >= 11 is 0. The maximum Gasteiger partial charge on any atom is 0.222 e. The maximum atomic E-state index is 4.93. The number of rotatable bonds is 3. The molecule has 0 spiro atoms. The Hall–Kier alpha value is -0.730. The van der Waals surface area contributed by atoms with Gasteiger partial charge in [0.15, 0.2) is 0 Å². The minimum atomic E-state index is 0.527. The minimum Gasteiger partial charge on any atom is -0.472 e. The Morgan fingerprint density at radius 3 is 2.78 bits per heavy atom. The van der Waals surface area contributed by atoms with Crippen LogP contribution in [0.3, 0.4) is 0 Å². The molecule has 0 aliphatic carbocycles. The summed E-state index contributed by atoms with van der Waals surface area (Å²) < 4.78 is 4.93. The molecule has 3 heteroatoms. The lowest BCUT2D eigenvalue weighted by Crippen LogP contribution is -1.96. The summed E-state index contributed by atoms with van der Waals surface area (Å²) in [4.78, 5) is 4.44. The van der Waals surface area contributed by atoms with Crippen molar-refractivity contribution in [1.82, 2.24) is 0 Å². The summed E-state index contributed by atoms with van der Waals surface area (Å²) in [6, 6.07) is 0. The van der Waals surface area contributed by atoms with Crippen LogP contribution in [0.25, 0.3) is 0 Å². The van der Waals surface area contributed by atoms with Gasteiger partial charge in [-0.05, 0) is 6.42 Å². The lowest BCUT2D eigenvalue weighted by atomic mass is 10.5. The smallest absolute Gasteiger partial charge is 0.222 e. The third-order valence-electron chi connectivity index (χ3n) is 0.640. The molecule has 0 aromatic carbocycles. The van der Waals surface area contributed by atoms with Crippen LogP contribution in [-0.4, -0.2) is 13.0 Å². The standard InChI is InChI=1S/C6H12NO2/c1-4-5-9-6(2)7-8-3/h5H,4H2,1-3H3/b7-6+. The van der Waals surface area contributed by atoms with Gasteiger partial charge in [-0.15, -0.1) is 0 Å². The molecule has 0 fully saturated rings. The third-order valence-corrected chi connectivity index (χ3v) is 0.640. The monoisotopic (exact) mass is 130 g/mol. The summed E-state index contributed by atoms with van der Waals surface area (Å²) in [6.45, 7) is 5.38. The van der Waals surface area contributed by atoms with E-state index in [1.807, 2.05) is 6.92 Å². The topological polar surface area (TPSA) is 30.8 Å². The van der Waals surface area contributed by atoms with E-state index in [0.29, 0.717) is 5.90 Å². The van der Waals surface area contributed by atoms with Gasteiger partial charge in [0, 0.05) is 6.92 Å². The second kappa shape index (κ2) is 5.41. The van der Waals surface area contributed by atoms with E-state index in [9.17, 15) is 0 Å². The van der Waals surface area contributed by atoms with E-state index < -0.39 is 0 Å². The Kier molecular flexibility index (Phi) is 4.97. The SMILES string of the molecule is CC[CH]O/C(C)=N/OC. The van der Waals surface area contributed by atoms with Crippen molar-refractivity contribution in [3.63, 3.8) is 0 Å².